The zero-order valence-corrected chi connectivity index (χ0v) is 14.6. The normalized spacial score (nSPS) is 31.8. The fourth-order valence-corrected chi connectivity index (χ4v) is 4.73. The molecule has 21 heavy (non-hydrogen) atoms. The first-order chi connectivity index (χ1) is 9.90. The molecule has 0 bridgehead atoms. The van der Waals surface area contributed by atoms with Gasteiger partial charge in [0.1, 0.15) is 0 Å². The zero-order valence-electron chi connectivity index (χ0n) is 13.7. The van der Waals surface area contributed by atoms with E-state index in [1.54, 1.807) is 0 Å². The summed E-state index contributed by atoms with van der Waals surface area (Å²) in [7, 11) is 2.26. The van der Waals surface area contributed by atoms with Gasteiger partial charge in [0.15, 0.2) is 0 Å². The largest absolute Gasteiger partial charge is 0.384 e. The van der Waals surface area contributed by atoms with Crippen molar-refractivity contribution in [1.82, 2.24) is 4.90 Å². The van der Waals surface area contributed by atoms with Gasteiger partial charge in [0.25, 0.3) is 0 Å². The molecule has 1 saturated heterocycles. The predicted molar refractivity (Wildman–Crippen MR) is 94.7 cm³/mol. The van der Waals surface area contributed by atoms with E-state index in [9.17, 15) is 0 Å². The van der Waals surface area contributed by atoms with Gasteiger partial charge >= 0.3 is 0 Å². The number of fused-ring (bicyclic) bond motifs is 1. The molecule has 0 spiro atoms. The Bertz CT molecular complexity index is 540. The van der Waals surface area contributed by atoms with Gasteiger partial charge in [-0.1, -0.05) is 19.1 Å². The lowest BCUT2D eigenvalue weighted by Gasteiger charge is -2.49. The Morgan fingerprint density at radius 3 is 2.86 bits per heavy atom. The topological polar surface area (TPSA) is 15.3 Å². The van der Waals surface area contributed by atoms with Crippen LogP contribution in [-0.2, 0) is 6.42 Å². The molecule has 1 aromatic rings. The van der Waals surface area contributed by atoms with E-state index in [0.717, 1.165) is 13.0 Å². The zero-order chi connectivity index (χ0) is 15.3. The summed E-state index contributed by atoms with van der Waals surface area (Å²) in [6, 6.07) is 6.89. The standard InChI is InChI=1S/C18H28N2S/c1-5-13-7-8-16-14(11-13)15(12-19-16)18(3,21)17(2)9-6-10-20(17)4/h7-8,11,15,19,21H,5-6,9-10,12H2,1-4H3/t15?,17-,18?/m1/s1. The van der Waals surface area contributed by atoms with E-state index in [-0.39, 0.29) is 10.3 Å². The number of thiol groups is 1. The second kappa shape index (κ2) is 5.20. The van der Waals surface area contributed by atoms with Gasteiger partial charge in [-0.3, -0.25) is 4.90 Å². The van der Waals surface area contributed by atoms with E-state index in [0.29, 0.717) is 5.92 Å². The molecular weight excluding hydrogens is 276 g/mol. The van der Waals surface area contributed by atoms with Crippen molar-refractivity contribution in [2.75, 3.05) is 25.5 Å². The van der Waals surface area contributed by atoms with Crippen LogP contribution in [-0.4, -0.2) is 35.3 Å². The Morgan fingerprint density at radius 1 is 1.48 bits per heavy atom. The highest BCUT2D eigenvalue weighted by Crippen LogP contribution is 2.51. The third-order valence-electron chi connectivity index (χ3n) is 6.16. The van der Waals surface area contributed by atoms with Crippen LogP contribution in [0.4, 0.5) is 5.69 Å². The highest BCUT2D eigenvalue weighted by atomic mass is 32.1. The molecule has 1 aromatic carbocycles. The molecule has 0 saturated carbocycles. The van der Waals surface area contributed by atoms with Crippen molar-refractivity contribution in [3.05, 3.63) is 29.3 Å². The van der Waals surface area contributed by atoms with E-state index in [1.807, 2.05) is 0 Å². The highest BCUT2D eigenvalue weighted by Gasteiger charge is 2.53. The number of hydrogen-bond acceptors (Lipinski definition) is 3. The van der Waals surface area contributed by atoms with Crippen LogP contribution in [0.1, 0.15) is 50.7 Å². The number of likely N-dealkylation sites (tertiary alicyclic amines) is 1. The summed E-state index contributed by atoms with van der Waals surface area (Å²) in [6.45, 7) is 9.16. The van der Waals surface area contributed by atoms with Crippen LogP contribution in [0.25, 0.3) is 0 Å². The van der Waals surface area contributed by atoms with E-state index >= 15 is 0 Å². The third-order valence-corrected chi connectivity index (χ3v) is 6.96. The van der Waals surface area contributed by atoms with E-state index < -0.39 is 0 Å². The molecule has 0 aromatic heterocycles. The summed E-state index contributed by atoms with van der Waals surface area (Å²) in [4.78, 5) is 2.52. The van der Waals surface area contributed by atoms with E-state index in [4.69, 9.17) is 12.6 Å². The molecule has 0 radical (unpaired) electrons. The first-order valence-electron chi connectivity index (χ1n) is 8.20. The number of nitrogens with one attached hydrogen (secondary N) is 1. The first-order valence-corrected chi connectivity index (χ1v) is 8.65. The number of hydrogen-bond donors (Lipinski definition) is 2. The molecule has 0 aliphatic carbocycles. The lowest BCUT2D eigenvalue weighted by atomic mass is 9.73. The molecule has 3 heteroatoms. The van der Waals surface area contributed by atoms with E-state index in [2.05, 4.69) is 56.2 Å². The SMILES string of the molecule is CCc1ccc2c(c1)C(C(C)(S)[C@@]1(C)CCCN1C)CN2. The van der Waals surface area contributed by atoms with Crippen molar-refractivity contribution in [1.29, 1.82) is 0 Å². The van der Waals surface area contributed by atoms with Gasteiger partial charge in [-0.15, -0.1) is 0 Å². The van der Waals surface area contributed by atoms with Gasteiger partial charge < -0.3 is 5.32 Å². The minimum Gasteiger partial charge on any atom is -0.384 e. The Morgan fingerprint density at radius 2 is 2.24 bits per heavy atom. The molecule has 1 N–H and O–H groups in total. The molecule has 2 heterocycles. The monoisotopic (exact) mass is 304 g/mol. The van der Waals surface area contributed by atoms with Gasteiger partial charge in [0.05, 0.1) is 0 Å². The summed E-state index contributed by atoms with van der Waals surface area (Å²) in [5.41, 5.74) is 4.36. The van der Waals surface area contributed by atoms with Crippen molar-refractivity contribution in [2.24, 2.45) is 0 Å². The average Bonchev–Trinajstić information content (AvgIpc) is 3.03. The molecule has 2 unspecified atom stereocenters. The molecule has 0 amide bonds. The summed E-state index contributed by atoms with van der Waals surface area (Å²) in [5.74, 6) is 0.466. The highest BCUT2D eigenvalue weighted by molar-refractivity contribution is 7.82. The second-order valence-electron chi connectivity index (χ2n) is 7.16. The smallest absolute Gasteiger partial charge is 0.0377 e. The molecule has 3 rings (SSSR count). The van der Waals surface area contributed by atoms with Crippen LogP contribution >= 0.6 is 12.6 Å². The van der Waals surface area contributed by atoms with Crippen LogP contribution in [0.5, 0.6) is 0 Å². The molecule has 116 valence electrons. The Hall–Kier alpha value is -0.670. The van der Waals surface area contributed by atoms with Gasteiger partial charge in [0, 0.05) is 28.4 Å². The number of nitrogens with zero attached hydrogens (tertiary/aromatic N) is 1. The molecule has 2 aliphatic heterocycles. The first kappa shape index (κ1) is 15.2. The van der Waals surface area contributed by atoms with Crippen molar-refractivity contribution < 1.29 is 0 Å². The van der Waals surface area contributed by atoms with Crippen LogP contribution in [0.15, 0.2) is 18.2 Å². The summed E-state index contributed by atoms with van der Waals surface area (Å²) >= 11 is 5.23. The lowest BCUT2D eigenvalue weighted by Crippen LogP contribution is -2.56. The predicted octanol–water partition coefficient (Wildman–Crippen LogP) is 3.93. The van der Waals surface area contributed by atoms with Gasteiger partial charge in [-0.2, -0.15) is 12.6 Å². The van der Waals surface area contributed by atoms with Crippen LogP contribution in [0, 0.1) is 0 Å². The Kier molecular flexibility index (Phi) is 3.77. The van der Waals surface area contributed by atoms with Gasteiger partial charge in [-0.25, -0.2) is 0 Å². The number of benzene rings is 1. The molecule has 2 aliphatic rings. The molecule has 1 fully saturated rings. The van der Waals surface area contributed by atoms with Crippen LogP contribution < -0.4 is 5.32 Å². The van der Waals surface area contributed by atoms with Gasteiger partial charge in [-0.05, 0) is 63.9 Å². The number of rotatable bonds is 3. The maximum absolute atomic E-state index is 5.23. The quantitative estimate of drug-likeness (QED) is 0.823. The van der Waals surface area contributed by atoms with Crippen molar-refractivity contribution in [3.63, 3.8) is 0 Å². The third kappa shape index (κ3) is 2.20. The average molecular weight is 305 g/mol. The van der Waals surface area contributed by atoms with Crippen molar-refractivity contribution >= 4 is 18.3 Å². The Balaban J connectivity index is 1.99. The van der Waals surface area contributed by atoms with Gasteiger partial charge in [0.2, 0.25) is 0 Å². The summed E-state index contributed by atoms with van der Waals surface area (Å²) in [6.07, 6.45) is 3.62. The number of anilines is 1. The fraction of sp³-hybridized carbons (Fsp3) is 0.667. The Labute approximate surface area is 134 Å². The molecule has 2 nitrogen and oxygen atoms in total. The maximum Gasteiger partial charge on any atom is 0.0377 e. The second-order valence-corrected chi connectivity index (χ2v) is 8.08. The van der Waals surface area contributed by atoms with Crippen LogP contribution in [0.2, 0.25) is 0 Å². The lowest BCUT2D eigenvalue weighted by molar-refractivity contribution is 0.135. The summed E-state index contributed by atoms with van der Waals surface area (Å²) < 4.78 is -0.0388. The van der Waals surface area contributed by atoms with Crippen LogP contribution in [0.3, 0.4) is 0 Å². The van der Waals surface area contributed by atoms with Crippen molar-refractivity contribution in [2.45, 2.75) is 56.2 Å². The maximum atomic E-state index is 5.23. The molecular formula is C18H28N2S. The summed E-state index contributed by atoms with van der Waals surface area (Å²) in [5, 5.41) is 3.60. The van der Waals surface area contributed by atoms with E-state index in [1.165, 1.54) is 36.2 Å². The van der Waals surface area contributed by atoms with Crippen molar-refractivity contribution in [3.8, 4) is 0 Å². The minimum absolute atomic E-state index is 0.0388. The number of aryl methyl sites for hydroxylation is 1. The fourth-order valence-electron chi connectivity index (χ4n) is 4.22. The minimum atomic E-state index is -0.0388. The molecule has 3 atom stereocenters.